The SMILES string of the molecule is COc1ccc2cc3c4c(cc(OC)c(OC)c4c2c1OC)CCN3. The number of ether oxygens (including phenoxy) is 4. The highest BCUT2D eigenvalue weighted by Crippen LogP contribution is 2.50. The van der Waals surface area contributed by atoms with Crippen molar-refractivity contribution in [2.75, 3.05) is 40.3 Å². The van der Waals surface area contributed by atoms with E-state index in [0.29, 0.717) is 17.2 Å². The quantitative estimate of drug-likeness (QED) is 0.728. The number of anilines is 1. The molecule has 130 valence electrons. The van der Waals surface area contributed by atoms with Gasteiger partial charge in [-0.1, -0.05) is 6.07 Å². The highest BCUT2D eigenvalue weighted by Gasteiger charge is 2.24. The van der Waals surface area contributed by atoms with Crippen molar-refractivity contribution in [2.24, 2.45) is 0 Å². The summed E-state index contributed by atoms with van der Waals surface area (Å²) < 4.78 is 22.6. The third kappa shape index (κ3) is 2.15. The molecule has 1 aliphatic heterocycles. The van der Waals surface area contributed by atoms with Crippen LogP contribution in [0.3, 0.4) is 0 Å². The number of nitrogens with one attached hydrogen (secondary N) is 1. The molecule has 0 spiro atoms. The van der Waals surface area contributed by atoms with Gasteiger partial charge in [-0.15, -0.1) is 0 Å². The van der Waals surface area contributed by atoms with E-state index in [1.165, 1.54) is 5.56 Å². The van der Waals surface area contributed by atoms with E-state index in [1.54, 1.807) is 28.4 Å². The van der Waals surface area contributed by atoms with E-state index in [2.05, 4.69) is 17.4 Å². The molecule has 0 aliphatic carbocycles. The number of hydrogen-bond donors (Lipinski definition) is 1. The first kappa shape index (κ1) is 15.7. The Kier molecular flexibility index (Phi) is 3.71. The Balaban J connectivity index is 2.30. The Morgan fingerprint density at radius 2 is 1.48 bits per heavy atom. The summed E-state index contributed by atoms with van der Waals surface area (Å²) >= 11 is 0. The molecule has 5 nitrogen and oxygen atoms in total. The Labute approximate surface area is 146 Å². The first-order valence-electron chi connectivity index (χ1n) is 8.22. The minimum atomic E-state index is 0.695. The number of rotatable bonds is 4. The van der Waals surface area contributed by atoms with Gasteiger partial charge in [0.2, 0.25) is 0 Å². The lowest BCUT2D eigenvalue weighted by atomic mass is 9.91. The number of fused-ring (bicyclic) bond motifs is 2. The maximum Gasteiger partial charge on any atom is 0.169 e. The van der Waals surface area contributed by atoms with Gasteiger partial charge in [-0.25, -0.2) is 0 Å². The topological polar surface area (TPSA) is 49.0 Å². The lowest BCUT2D eigenvalue weighted by Gasteiger charge is -2.24. The third-order valence-electron chi connectivity index (χ3n) is 4.86. The van der Waals surface area contributed by atoms with Crippen molar-refractivity contribution in [1.29, 1.82) is 0 Å². The van der Waals surface area contributed by atoms with Crippen LogP contribution < -0.4 is 24.3 Å². The maximum atomic E-state index is 5.76. The lowest BCUT2D eigenvalue weighted by molar-refractivity contribution is 0.356. The van der Waals surface area contributed by atoms with Gasteiger partial charge < -0.3 is 24.3 Å². The van der Waals surface area contributed by atoms with Crippen LogP contribution in [0.15, 0.2) is 24.3 Å². The summed E-state index contributed by atoms with van der Waals surface area (Å²) in [4.78, 5) is 0. The van der Waals surface area contributed by atoms with E-state index < -0.39 is 0 Å². The molecule has 0 aromatic heterocycles. The molecule has 4 rings (SSSR count). The van der Waals surface area contributed by atoms with Gasteiger partial charge in [0, 0.05) is 28.4 Å². The van der Waals surface area contributed by atoms with Crippen molar-refractivity contribution in [2.45, 2.75) is 6.42 Å². The van der Waals surface area contributed by atoms with Crippen LogP contribution >= 0.6 is 0 Å². The third-order valence-corrected chi connectivity index (χ3v) is 4.86. The van der Waals surface area contributed by atoms with Gasteiger partial charge in [-0.05, 0) is 35.6 Å². The molecule has 0 amide bonds. The normalized spacial score (nSPS) is 12.8. The predicted molar refractivity (Wildman–Crippen MR) is 99.9 cm³/mol. The summed E-state index contributed by atoms with van der Waals surface area (Å²) in [5.74, 6) is 2.84. The molecule has 25 heavy (non-hydrogen) atoms. The number of benzene rings is 3. The van der Waals surface area contributed by atoms with Crippen LogP contribution in [0.4, 0.5) is 5.69 Å². The van der Waals surface area contributed by atoms with Crippen LogP contribution in [0.5, 0.6) is 23.0 Å². The van der Waals surface area contributed by atoms with Crippen LogP contribution in [0.1, 0.15) is 5.56 Å². The molecule has 0 radical (unpaired) electrons. The fraction of sp³-hybridized carbons (Fsp3) is 0.300. The first-order valence-corrected chi connectivity index (χ1v) is 8.22. The predicted octanol–water partition coefficient (Wildman–Crippen LogP) is 4.00. The molecule has 0 saturated heterocycles. The van der Waals surface area contributed by atoms with Crippen LogP contribution in [0, 0.1) is 0 Å². The Morgan fingerprint density at radius 3 is 2.16 bits per heavy atom. The molecule has 1 aliphatic rings. The molecule has 1 heterocycles. The summed E-state index contributed by atoms with van der Waals surface area (Å²) in [6.45, 7) is 0.899. The molecule has 0 bridgehead atoms. The molecule has 0 saturated carbocycles. The number of methoxy groups -OCH3 is 4. The van der Waals surface area contributed by atoms with Gasteiger partial charge in [0.05, 0.1) is 28.4 Å². The summed E-state index contributed by atoms with van der Waals surface area (Å²) in [7, 11) is 6.64. The molecular formula is C20H21NO4. The van der Waals surface area contributed by atoms with Gasteiger partial charge in [0.15, 0.2) is 23.0 Å². The molecule has 0 fully saturated rings. The van der Waals surface area contributed by atoms with Gasteiger partial charge >= 0.3 is 0 Å². The molecule has 3 aromatic rings. The second-order valence-corrected chi connectivity index (χ2v) is 6.02. The second-order valence-electron chi connectivity index (χ2n) is 6.02. The lowest BCUT2D eigenvalue weighted by Crippen LogP contribution is -2.12. The van der Waals surface area contributed by atoms with Crippen LogP contribution in [0.2, 0.25) is 0 Å². The van der Waals surface area contributed by atoms with Gasteiger partial charge in [0.1, 0.15) is 0 Å². The summed E-state index contributed by atoms with van der Waals surface area (Å²) in [5, 5.41) is 7.69. The highest BCUT2D eigenvalue weighted by atomic mass is 16.5. The smallest absolute Gasteiger partial charge is 0.169 e. The molecular weight excluding hydrogens is 318 g/mol. The van der Waals surface area contributed by atoms with Crippen molar-refractivity contribution >= 4 is 27.2 Å². The molecule has 5 heteroatoms. The van der Waals surface area contributed by atoms with Gasteiger partial charge in [0.25, 0.3) is 0 Å². The fourth-order valence-electron chi connectivity index (χ4n) is 3.81. The van der Waals surface area contributed by atoms with Gasteiger partial charge in [-0.3, -0.25) is 0 Å². The Morgan fingerprint density at radius 1 is 0.760 bits per heavy atom. The minimum absolute atomic E-state index is 0.695. The van der Waals surface area contributed by atoms with Crippen LogP contribution in [0.25, 0.3) is 21.5 Å². The average molecular weight is 339 g/mol. The van der Waals surface area contributed by atoms with Crippen LogP contribution in [-0.2, 0) is 6.42 Å². The Bertz CT molecular complexity index is 981. The van der Waals surface area contributed by atoms with E-state index in [-0.39, 0.29) is 0 Å². The van der Waals surface area contributed by atoms with Crippen LogP contribution in [-0.4, -0.2) is 35.0 Å². The van der Waals surface area contributed by atoms with E-state index in [1.807, 2.05) is 12.1 Å². The molecule has 3 aromatic carbocycles. The molecule has 1 N–H and O–H groups in total. The average Bonchev–Trinajstić information content (AvgIpc) is 2.66. The van der Waals surface area contributed by atoms with E-state index in [9.17, 15) is 0 Å². The summed E-state index contributed by atoms with van der Waals surface area (Å²) in [5.41, 5.74) is 2.35. The van der Waals surface area contributed by atoms with Crippen molar-refractivity contribution in [1.82, 2.24) is 0 Å². The zero-order chi connectivity index (χ0) is 17.6. The largest absolute Gasteiger partial charge is 0.493 e. The van der Waals surface area contributed by atoms with Crippen molar-refractivity contribution in [3.63, 3.8) is 0 Å². The Hall–Kier alpha value is -2.82. The number of hydrogen-bond acceptors (Lipinski definition) is 5. The maximum absolute atomic E-state index is 5.76. The van der Waals surface area contributed by atoms with Crippen molar-refractivity contribution in [3.8, 4) is 23.0 Å². The second kappa shape index (κ2) is 5.92. The summed E-state index contributed by atoms with van der Waals surface area (Å²) in [6.07, 6.45) is 0.932. The van der Waals surface area contributed by atoms with E-state index >= 15 is 0 Å². The zero-order valence-corrected chi connectivity index (χ0v) is 14.9. The van der Waals surface area contributed by atoms with Crippen molar-refractivity contribution in [3.05, 3.63) is 29.8 Å². The minimum Gasteiger partial charge on any atom is -0.493 e. The molecule has 0 atom stereocenters. The fourth-order valence-corrected chi connectivity index (χ4v) is 3.81. The highest BCUT2D eigenvalue weighted by molar-refractivity contribution is 6.20. The first-order chi connectivity index (χ1) is 12.2. The molecule has 0 unspecified atom stereocenters. The van der Waals surface area contributed by atoms with Crippen molar-refractivity contribution < 1.29 is 18.9 Å². The van der Waals surface area contributed by atoms with E-state index in [4.69, 9.17) is 18.9 Å². The standard InChI is InChI=1S/C20H21NO4/c1-22-14-6-5-11-9-13-16-12(7-8-21-13)10-15(23-2)20(25-4)18(16)17(11)19(14)24-3/h5-6,9-10,21H,7-8H2,1-4H3. The summed E-state index contributed by atoms with van der Waals surface area (Å²) in [6, 6.07) is 8.20. The van der Waals surface area contributed by atoms with Gasteiger partial charge in [-0.2, -0.15) is 0 Å². The zero-order valence-electron chi connectivity index (χ0n) is 14.9. The van der Waals surface area contributed by atoms with E-state index in [0.717, 1.165) is 45.9 Å². The monoisotopic (exact) mass is 339 g/mol.